The quantitative estimate of drug-likeness (QED) is 0.907. The van der Waals surface area contributed by atoms with E-state index in [1.165, 1.54) is 18.4 Å². The first-order chi connectivity index (χ1) is 11.3. The van der Waals surface area contributed by atoms with Crippen LogP contribution in [0.4, 0.5) is 10.5 Å². The van der Waals surface area contributed by atoms with Gasteiger partial charge in [-0.1, -0.05) is 12.1 Å². The highest BCUT2D eigenvalue weighted by molar-refractivity contribution is 6.05. The molecule has 0 aliphatic carbocycles. The van der Waals surface area contributed by atoms with E-state index in [0.717, 1.165) is 18.8 Å². The minimum Gasteiger partial charge on any atom is -0.298 e. The van der Waals surface area contributed by atoms with Crippen LogP contribution in [0.15, 0.2) is 24.3 Å². The number of carbonyl (C=O) groups excluding carboxylic acids is 2. The van der Waals surface area contributed by atoms with Gasteiger partial charge >= 0.3 is 6.03 Å². The summed E-state index contributed by atoms with van der Waals surface area (Å²) in [6, 6.07) is 7.95. The molecule has 5 nitrogen and oxygen atoms in total. The molecule has 130 valence electrons. The first-order valence-electron chi connectivity index (χ1n) is 8.81. The molecule has 0 atom stereocenters. The lowest BCUT2D eigenvalue weighted by Crippen LogP contribution is -2.49. The number of amides is 3. The second-order valence-electron chi connectivity index (χ2n) is 7.78. The van der Waals surface area contributed by atoms with E-state index in [9.17, 15) is 9.59 Å². The number of benzene rings is 1. The zero-order valence-electron chi connectivity index (χ0n) is 14.8. The van der Waals surface area contributed by atoms with Crippen LogP contribution in [0.1, 0.15) is 51.5 Å². The van der Waals surface area contributed by atoms with E-state index in [4.69, 9.17) is 0 Å². The highest BCUT2D eigenvalue weighted by atomic mass is 16.2. The van der Waals surface area contributed by atoms with Gasteiger partial charge in [-0.25, -0.2) is 4.79 Å². The van der Waals surface area contributed by atoms with Crippen LogP contribution in [-0.2, 0) is 4.79 Å². The van der Waals surface area contributed by atoms with Crippen molar-refractivity contribution in [2.75, 3.05) is 24.5 Å². The average Bonchev–Trinajstić information content (AvgIpc) is 2.54. The van der Waals surface area contributed by atoms with E-state index in [-0.39, 0.29) is 17.5 Å². The molecular weight excluding hydrogens is 302 g/mol. The van der Waals surface area contributed by atoms with E-state index in [0.29, 0.717) is 18.9 Å². The topological polar surface area (TPSA) is 52.6 Å². The number of nitrogens with one attached hydrogen (secondary N) is 1. The zero-order valence-corrected chi connectivity index (χ0v) is 14.8. The van der Waals surface area contributed by atoms with Gasteiger partial charge in [0.05, 0.1) is 0 Å². The maximum Gasteiger partial charge on any atom is 0.328 e. The number of piperidine rings is 1. The van der Waals surface area contributed by atoms with Gasteiger partial charge in [0.2, 0.25) is 5.91 Å². The van der Waals surface area contributed by atoms with Crippen molar-refractivity contribution in [3.63, 3.8) is 0 Å². The second-order valence-corrected chi connectivity index (χ2v) is 7.78. The molecule has 24 heavy (non-hydrogen) atoms. The van der Waals surface area contributed by atoms with Crippen LogP contribution < -0.4 is 10.2 Å². The molecule has 1 aromatic rings. The number of hydrogen-bond acceptors (Lipinski definition) is 3. The summed E-state index contributed by atoms with van der Waals surface area (Å²) in [5, 5.41) is 2.37. The molecule has 0 spiro atoms. The van der Waals surface area contributed by atoms with Crippen LogP contribution >= 0.6 is 0 Å². The summed E-state index contributed by atoms with van der Waals surface area (Å²) < 4.78 is 0. The second kappa shape index (κ2) is 6.55. The minimum atomic E-state index is -0.322. The number of rotatable bonds is 2. The highest BCUT2D eigenvalue weighted by Crippen LogP contribution is 2.32. The fourth-order valence-corrected chi connectivity index (χ4v) is 3.62. The van der Waals surface area contributed by atoms with Gasteiger partial charge in [0.1, 0.15) is 0 Å². The number of carbonyl (C=O) groups is 2. The zero-order chi connectivity index (χ0) is 17.3. The van der Waals surface area contributed by atoms with Gasteiger partial charge < -0.3 is 0 Å². The molecule has 0 saturated carbocycles. The number of imide groups is 1. The monoisotopic (exact) mass is 329 g/mol. The molecule has 2 aliphatic rings. The average molecular weight is 329 g/mol. The van der Waals surface area contributed by atoms with Gasteiger partial charge in [-0.3, -0.25) is 19.9 Å². The van der Waals surface area contributed by atoms with Gasteiger partial charge in [-0.15, -0.1) is 0 Å². The molecule has 5 heteroatoms. The predicted octanol–water partition coefficient (Wildman–Crippen LogP) is 3.11. The van der Waals surface area contributed by atoms with Crippen LogP contribution in [0.25, 0.3) is 0 Å². The van der Waals surface area contributed by atoms with Gasteiger partial charge in [0.15, 0.2) is 0 Å². The van der Waals surface area contributed by atoms with Crippen molar-refractivity contribution in [2.24, 2.45) is 0 Å². The molecule has 2 saturated heterocycles. The third-order valence-electron chi connectivity index (χ3n) is 5.17. The molecular formula is C19H27N3O2. The molecule has 2 fully saturated rings. The SMILES string of the molecule is CC(C)(C)N1CCC(c2ccc(N3CCC(=O)NC3=O)cc2)CC1. The van der Waals surface area contributed by atoms with Crippen molar-refractivity contribution in [3.8, 4) is 0 Å². The summed E-state index contributed by atoms with van der Waals surface area (Å²) in [6.07, 6.45) is 2.71. The van der Waals surface area contributed by atoms with E-state index in [2.05, 4.69) is 43.1 Å². The molecule has 3 amide bonds. The summed E-state index contributed by atoms with van der Waals surface area (Å²) in [7, 11) is 0. The first kappa shape index (κ1) is 17.0. The lowest BCUT2D eigenvalue weighted by Gasteiger charge is -2.41. The lowest BCUT2D eigenvalue weighted by atomic mass is 9.87. The number of hydrogen-bond donors (Lipinski definition) is 1. The Morgan fingerprint density at radius 3 is 2.17 bits per heavy atom. The summed E-state index contributed by atoms with van der Waals surface area (Å²) in [6.45, 7) is 9.54. The largest absolute Gasteiger partial charge is 0.328 e. The Morgan fingerprint density at radius 2 is 1.62 bits per heavy atom. The molecule has 2 heterocycles. The Bertz CT molecular complexity index is 610. The maximum atomic E-state index is 11.9. The smallest absolute Gasteiger partial charge is 0.298 e. The molecule has 2 aliphatic heterocycles. The van der Waals surface area contributed by atoms with Crippen molar-refractivity contribution in [2.45, 2.75) is 51.5 Å². The van der Waals surface area contributed by atoms with Crippen LogP contribution in [0.3, 0.4) is 0 Å². The van der Waals surface area contributed by atoms with E-state index >= 15 is 0 Å². The highest BCUT2D eigenvalue weighted by Gasteiger charge is 2.28. The van der Waals surface area contributed by atoms with Crippen molar-refractivity contribution in [1.82, 2.24) is 10.2 Å². The fourth-order valence-electron chi connectivity index (χ4n) is 3.62. The fraction of sp³-hybridized carbons (Fsp3) is 0.579. The molecule has 3 rings (SSSR count). The summed E-state index contributed by atoms with van der Waals surface area (Å²) >= 11 is 0. The van der Waals surface area contributed by atoms with Crippen LogP contribution in [0, 0.1) is 0 Å². The van der Waals surface area contributed by atoms with Gasteiger partial charge in [0.25, 0.3) is 0 Å². The Labute approximate surface area is 144 Å². The van der Waals surface area contributed by atoms with Crippen molar-refractivity contribution in [1.29, 1.82) is 0 Å². The lowest BCUT2D eigenvalue weighted by molar-refractivity contribution is -0.120. The minimum absolute atomic E-state index is 0.196. The first-order valence-corrected chi connectivity index (χ1v) is 8.81. The summed E-state index contributed by atoms with van der Waals surface area (Å²) in [4.78, 5) is 27.3. The Balaban J connectivity index is 1.63. The third kappa shape index (κ3) is 3.61. The van der Waals surface area contributed by atoms with E-state index < -0.39 is 0 Å². The number of anilines is 1. The Hall–Kier alpha value is -1.88. The van der Waals surface area contributed by atoms with Gasteiger partial charge in [-0.2, -0.15) is 0 Å². The molecule has 0 unspecified atom stereocenters. The normalized spacial score (nSPS) is 21.0. The summed E-state index contributed by atoms with van der Waals surface area (Å²) in [5.74, 6) is 0.396. The van der Waals surface area contributed by atoms with Crippen LogP contribution in [0.5, 0.6) is 0 Å². The molecule has 1 aromatic carbocycles. The van der Waals surface area contributed by atoms with E-state index in [1.807, 2.05) is 12.1 Å². The third-order valence-corrected chi connectivity index (χ3v) is 5.17. The van der Waals surface area contributed by atoms with Crippen LogP contribution in [-0.4, -0.2) is 42.0 Å². The maximum absolute atomic E-state index is 11.9. The van der Waals surface area contributed by atoms with Crippen molar-refractivity contribution >= 4 is 17.6 Å². The number of urea groups is 1. The number of likely N-dealkylation sites (tertiary alicyclic amines) is 1. The molecule has 0 aromatic heterocycles. The predicted molar refractivity (Wildman–Crippen MR) is 95.2 cm³/mol. The van der Waals surface area contributed by atoms with E-state index in [1.54, 1.807) is 4.90 Å². The Morgan fingerprint density at radius 1 is 1.00 bits per heavy atom. The summed E-state index contributed by atoms with van der Waals surface area (Å²) in [5.41, 5.74) is 2.45. The van der Waals surface area contributed by atoms with Gasteiger partial charge in [0, 0.05) is 24.2 Å². The molecule has 1 N–H and O–H groups in total. The van der Waals surface area contributed by atoms with Crippen LogP contribution in [0.2, 0.25) is 0 Å². The number of nitrogens with zero attached hydrogens (tertiary/aromatic N) is 2. The molecule has 0 radical (unpaired) electrons. The molecule has 0 bridgehead atoms. The van der Waals surface area contributed by atoms with Crippen molar-refractivity contribution < 1.29 is 9.59 Å². The Kier molecular flexibility index (Phi) is 4.63. The standard InChI is InChI=1S/C19H27N3O2/c1-19(2,3)21-11-8-15(9-12-21)14-4-6-16(7-5-14)22-13-10-17(23)20-18(22)24/h4-7,15H,8-13H2,1-3H3,(H,20,23,24). The van der Waals surface area contributed by atoms with Gasteiger partial charge in [-0.05, 0) is 70.3 Å². The van der Waals surface area contributed by atoms with Crippen molar-refractivity contribution in [3.05, 3.63) is 29.8 Å².